The molecule has 0 bridgehead atoms. The van der Waals surface area contributed by atoms with Gasteiger partial charge >= 0.3 is 0 Å². The largest absolute Gasteiger partial charge is 0.493 e. The fraction of sp³-hybridized carbons (Fsp3) is 0.300. The Balaban J connectivity index is 2.97. The van der Waals surface area contributed by atoms with Crippen molar-refractivity contribution in [3.8, 4) is 5.75 Å². The molecule has 0 amide bonds. The van der Waals surface area contributed by atoms with E-state index in [1.165, 1.54) is 0 Å². The van der Waals surface area contributed by atoms with Crippen molar-refractivity contribution >= 4 is 28.8 Å². The highest BCUT2D eigenvalue weighted by Gasteiger charge is 2.06. The minimum atomic E-state index is 0.327. The summed E-state index contributed by atoms with van der Waals surface area (Å²) in [6.07, 6.45) is 0.934. The summed E-state index contributed by atoms with van der Waals surface area (Å²) in [5.74, 6) is 0.659. The summed E-state index contributed by atoms with van der Waals surface area (Å²) in [5.41, 5.74) is 6.28. The Hall–Kier alpha value is -0.800. The van der Waals surface area contributed by atoms with Crippen LogP contribution in [0.3, 0.4) is 0 Å². The maximum atomic E-state index is 5.84. The predicted octanol–water partition coefficient (Wildman–Crippen LogP) is 2.76. The lowest BCUT2D eigenvalue weighted by Crippen LogP contribution is -2.11. The highest BCUT2D eigenvalue weighted by Crippen LogP contribution is 2.23. The van der Waals surface area contributed by atoms with Gasteiger partial charge in [0.25, 0.3) is 0 Å². The molecule has 0 aliphatic heterocycles. The molecule has 0 fully saturated rings. The number of rotatable bonds is 4. The van der Waals surface area contributed by atoms with Crippen molar-refractivity contribution in [1.29, 1.82) is 0 Å². The summed E-state index contributed by atoms with van der Waals surface area (Å²) in [7, 11) is 0. The van der Waals surface area contributed by atoms with Crippen molar-refractivity contribution in [3.63, 3.8) is 0 Å². The maximum absolute atomic E-state index is 5.84. The fourth-order valence-electron chi connectivity index (χ4n) is 1.03. The van der Waals surface area contributed by atoms with Crippen LogP contribution in [0.1, 0.15) is 18.9 Å². The second-order valence-corrected chi connectivity index (χ2v) is 3.73. The highest BCUT2D eigenvalue weighted by molar-refractivity contribution is 7.80. The van der Waals surface area contributed by atoms with Crippen molar-refractivity contribution in [2.45, 2.75) is 13.3 Å². The SMILES string of the molecule is CCCOc1cc(Cl)ccc1C(N)=S. The number of hydrogen-bond donors (Lipinski definition) is 1. The molecule has 0 aliphatic carbocycles. The zero-order chi connectivity index (χ0) is 10.6. The first kappa shape index (κ1) is 11.3. The van der Waals surface area contributed by atoms with Gasteiger partial charge in [-0.05, 0) is 24.6 Å². The molecule has 0 spiro atoms. The number of nitrogens with two attached hydrogens (primary N) is 1. The molecule has 1 rings (SSSR count). The summed E-state index contributed by atoms with van der Waals surface area (Å²) >= 11 is 10.7. The molecule has 76 valence electrons. The molecular weight excluding hydrogens is 218 g/mol. The number of ether oxygens (including phenoxy) is 1. The van der Waals surface area contributed by atoms with Crippen LogP contribution >= 0.6 is 23.8 Å². The highest BCUT2D eigenvalue weighted by atomic mass is 35.5. The van der Waals surface area contributed by atoms with Gasteiger partial charge in [0.2, 0.25) is 0 Å². The summed E-state index contributed by atoms with van der Waals surface area (Å²) in [4.78, 5) is 0.327. The molecule has 4 heteroatoms. The molecule has 2 nitrogen and oxygen atoms in total. The fourth-order valence-corrected chi connectivity index (χ4v) is 1.36. The first-order valence-electron chi connectivity index (χ1n) is 4.37. The van der Waals surface area contributed by atoms with E-state index in [9.17, 15) is 0 Å². The van der Waals surface area contributed by atoms with Gasteiger partial charge in [-0.25, -0.2) is 0 Å². The minimum absolute atomic E-state index is 0.327. The van der Waals surface area contributed by atoms with E-state index in [1.807, 2.05) is 6.92 Å². The van der Waals surface area contributed by atoms with E-state index < -0.39 is 0 Å². The normalized spacial score (nSPS) is 9.86. The van der Waals surface area contributed by atoms with Crippen molar-refractivity contribution in [2.24, 2.45) is 5.73 Å². The van der Waals surface area contributed by atoms with Crippen LogP contribution in [0.5, 0.6) is 5.75 Å². The van der Waals surface area contributed by atoms with Crippen LogP contribution in [0, 0.1) is 0 Å². The van der Waals surface area contributed by atoms with Gasteiger partial charge in [-0.2, -0.15) is 0 Å². The van der Waals surface area contributed by atoms with Gasteiger partial charge in [0.05, 0.1) is 12.2 Å². The summed E-state index contributed by atoms with van der Waals surface area (Å²) in [6.45, 7) is 2.67. The van der Waals surface area contributed by atoms with Gasteiger partial charge in [0.1, 0.15) is 10.7 Å². The molecule has 0 saturated heterocycles. The minimum Gasteiger partial charge on any atom is -0.493 e. The Morgan fingerprint density at radius 3 is 2.86 bits per heavy atom. The summed E-state index contributed by atoms with van der Waals surface area (Å²) < 4.78 is 5.48. The third-order valence-electron chi connectivity index (χ3n) is 1.67. The number of thiocarbonyl (C=S) groups is 1. The molecule has 1 aromatic rings. The first-order chi connectivity index (χ1) is 6.65. The van der Waals surface area contributed by atoms with Crippen LogP contribution in [0.15, 0.2) is 18.2 Å². The first-order valence-corrected chi connectivity index (χ1v) is 5.16. The van der Waals surface area contributed by atoms with Crippen molar-refractivity contribution in [2.75, 3.05) is 6.61 Å². The number of hydrogen-bond acceptors (Lipinski definition) is 2. The van der Waals surface area contributed by atoms with Crippen LogP contribution in [-0.2, 0) is 0 Å². The maximum Gasteiger partial charge on any atom is 0.130 e. The standard InChI is InChI=1S/C10H12ClNOS/c1-2-5-13-9-6-7(11)3-4-8(9)10(12)14/h3-4,6H,2,5H2,1H3,(H2,12,14). The van der Waals surface area contributed by atoms with E-state index in [0.717, 1.165) is 12.0 Å². The Labute approximate surface area is 94.0 Å². The number of halogens is 1. The number of benzene rings is 1. The molecule has 0 atom stereocenters. The average Bonchev–Trinajstić information content (AvgIpc) is 2.14. The lowest BCUT2D eigenvalue weighted by Gasteiger charge is -2.09. The van der Waals surface area contributed by atoms with Crippen LogP contribution in [0.4, 0.5) is 0 Å². The molecule has 14 heavy (non-hydrogen) atoms. The Kier molecular flexibility index (Phi) is 4.17. The monoisotopic (exact) mass is 229 g/mol. The third-order valence-corrected chi connectivity index (χ3v) is 2.13. The van der Waals surface area contributed by atoms with Crippen molar-refractivity contribution < 1.29 is 4.74 Å². The zero-order valence-electron chi connectivity index (χ0n) is 7.92. The summed E-state index contributed by atoms with van der Waals surface area (Å²) in [6, 6.07) is 5.25. The van der Waals surface area contributed by atoms with Gasteiger partial charge in [-0.3, -0.25) is 0 Å². The summed E-state index contributed by atoms with van der Waals surface area (Å²) in [5, 5.41) is 0.621. The molecule has 0 aliphatic rings. The van der Waals surface area contributed by atoms with Crippen molar-refractivity contribution in [3.05, 3.63) is 28.8 Å². The molecule has 0 aromatic heterocycles. The molecular formula is C10H12ClNOS. The average molecular weight is 230 g/mol. The van der Waals surface area contributed by atoms with Crippen LogP contribution < -0.4 is 10.5 Å². The zero-order valence-corrected chi connectivity index (χ0v) is 9.49. The van der Waals surface area contributed by atoms with Gasteiger partial charge in [0, 0.05) is 5.02 Å². The lowest BCUT2D eigenvalue weighted by atomic mass is 10.2. The van der Waals surface area contributed by atoms with Crippen LogP contribution in [0.25, 0.3) is 0 Å². The van der Waals surface area contributed by atoms with Gasteiger partial charge in [0.15, 0.2) is 0 Å². The van der Waals surface area contributed by atoms with Gasteiger partial charge in [-0.1, -0.05) is 30.7 Å². The van der Waals surface area contributed by atoms with E-state index in [1.54, 1.807) is 18.2 Å². The molecule has 0 heterocycles. The van der Waals surface area contributed by atoms with E-state index in [0.29, 0.717) is 22.4 Å². The van der Waals surface area contributed by atoms with E-state index in [2.05, 4.69) is 0 Å². The Bertz CT molecular complexity index is 341. The second-order valence-electron chi connectivity index (χ2n) is 2.85. The Morgan fingerprint density at radius 2 is 2.29 bits per heavy atom. The molecule has 1 aromatic carbocycles. The van der Waals surface area contributed by atoms with Crippen molar-refractivity contribution in [1.82, 2.24) is 0 Å². The quantitative estimate of drug-likeness (QED) is 0.807. The van der Waals surface area contributed by atoms with Crippen LogP contribution in [0.2, 0.25) is 5.02 Å². The molecule has 0 unspecified atom stereocenters. The predicted molar refractivity (Wildman–Crippen MR) is 63.1 cm³/mol. The topological polar surface area (TPSA) is 35.2 Å². The van der Waals surface area contributed by atoms with E-state index in [4.69, 9.17) is 34.3 Å². The van der Waals surface area contributed by atoms with Gasteiger partial charge in [-0.15, -0.1) is 0 Å². The van der Waals surface area contributed by atoms with E-state index >= 15 is 0 Å². The van der Waals surface area contributed by atoms with Gasteiger partial charge < -0.3 is 10.5 Å². The van der Waals surface area contributed by atoms with Crippen LogP contribution in [-0.4, -0.2) is 11.6 Å². The second kappa shape index (κ2) is 5.17. The lowest BCUT2D eigenvalue weighted by molar-refractivity contribution is 0.317. The Morgan fingerprint density at radius 1 is 1.57 bits per heavy atom. The van der Waals surface area contributed by atoms with E-state index in [-0.39, 0.29) is 0 Å². The molecule has 2 N–H and O–H groups in total. The molecule has 0 radical (unpaired) electrons. The third kappa shape index (κ3) is 2.86. The molecule has 0 saturated carbocycles. The smallest absolute Gasteiger partial charge is 0.130 e.